The third kappa shape index (κ3) is 4.01. The van der Waals surface area contributed by atoms with Crippen molar-refractivity contribution >= 4 is 5.69 Å². The minimum absolute atomic E-state index is 0.321. The molecule has 1 fully saturated rings. The highest BCUT2D eigenvalue weighted by Crippen LogP contribution is 2.28. The van der Waals surface area contributed by atoms with Crippen LogP contribution in [0.25, 0.3) is 11.3 Å². The Morgan fingerprint density at radius 2 is 1.78 bits per heavy atom. The molecule has 2 heterocycles. The topological polar surface area (TPSA) is 54.8 Å². The van der Waals surface area contributed by atoms with Gasteiger partial charge >= 0.3 is 0 Å². The molecule has 0 saturated carbocycles. The highest BCUT2D eigenvalue weighted by molar-refractivity contribution is 5.63. The molecule has 0 aliphatic carbocycles. The molecule has 0 spiro atoms. The van der Waals surface area contributed by atoms with Crippen molar-refractivity contribution in [2.45, 2.75) is 0 Å². The zero-order valence-electron chi connectivity index (χ0n) is 14.6. The maximum atomic E-state index is 13.2. The first kappa shape index (κ1) is 17.3. The summed E-state index contributed by atoms with van der Waals surface area (Å²) in [6.45, 7) is 3.29. The van der Waals surface area contributed by atoms with E-state index < -0.39 is 11.6 Å². The van der Waals surface area contributed by atoms with E-state index in [0.717, 1.165) is 49.3 Å². The van der Waals surface area contributed by atoms with E-state index in [1.54, 1.807) is 6.07 Å². The van der Waals surface area contributed by atoms with Crippen molar-refractivity contribution in [1.82, 2.24) is 4.98 Å². The number of rotatable bonds is 4. The third-order valence-electron chi connectivity index (χ3n) is 4.40. The zero-order valence-corrected chi connectivity index (χ0v) is 14.6. The summed E-state index contributed by atoms with van der Waals surface area (Å²) in [6.07, 6.45) is 0. The molecule has 1 aliphatic rings. The second kappa shape index (κ2) is 7.63. The molecule has 4 rings (SSSR count). The lowest BCUT2D eigenvalue weighted by molar-refractivity contribution is 0.122. The predicted molar refractivity (Wildman–Crippen MR) is 101 cm³/mol. The quantitative estimate of drug-likeness (QED) is 0.749. The normalized spacial score (nSPS) is 14.2. The number of pyridine rings is 1. The molecule has 1 aromatic heterocycles. The minimum atomic E-state index is -0.690. The Hall–Kier alpha value is -3.12. The van der Waals surface area contributed by atoms with Crippen LogP contribution in [0.4, 0.5) is 10.1 Å². The van der Waals surface area contributed by atoms with Crippen LogP contribution < -0.4 is 9.64 Å². The number of benzene rings is 2. The van der Waals surface area contributed by atoms with Crippen molar-refractivity contribution < 1.29 is 19.0 Å². The molecular weight excluding hydrogens is 347 g/mol. The number of phenols is 1. The van der Waals surface area contributed by atoms with Gasteiger partial charge in [0.1, 0.15) is 5.75 Å². The molecular formula is C21H19FN2O3. The molecule has 138 valence electrons. The highest BCUT2D eigenvalue weighted by atomic mass is 19.1. The van der Waals surface area contributed by atoms with Crippen LogP contribution in [0.5, 0.6) is 17.4 Å². The Morgan fingerprint density at radius 3 is 2.52 bits per heavy atom. The fraction of sp³-hybridized carbons (Fsp3) is 0.190. The predicted octanol–water partition coefficient (Wildman–Crippen LogP) is 4.22. The van der Waals surface area contributed by atoms with Gasteiger partial charge in [-0.15, -0.1) is 0 Å². The van der Waals surface area contributed by atoms with Crippen LogP contribution in [0.3, 0.4) is 0 Å². The summed E-state index contributed by atoms with van der Waals surface area (Å²) in [5.74, 6) is -0.455. The van der Waals surface area contributed by atoms with Gasteiger partial charge in [0.2, 0.25) is 5.88 Å². The van der Waals surface area contributed by atoms with Crippen molar-refractivity contribution in [3.8, 4) is 28.6 Å². The summed E-state index contributed by atoms with van der Waals surface area (Å²) in [6, 6.07) is 17.5. The molecule has 1 saturated heterocycles. The summed E-state index contributed by atoms with van der Waals surface area (Å²) in [7, 11) is 0. The van der Waals surface area contributed by atoms with E-state index in [4.69, 9.17) is 9.47 Å². The van der Waals surface area contributed by atoms with E-state index in [9.17, 15) is 9.50 Å². The molecule has 1 aliphatic heterocycles. The minimum Gasteiger partial charge on any atom is -0.505 e. The zero-order chi connectivity index (χ0) is 18.6. The maximum absolute atomic E-state index is 13.2. The Bertz CT molecular complexity index is 925. The first-order valence-corrected chi connectivity index (χ1v) is 8.75. The molecule has 3 aromatic rings. The van der Waals surface area contributed by atoms with Gasteiger partial charge in [0, 0.05) is 36.5 Å². The number of anilines is 1. The molecule has 0 radical (unpaired) electrons. The number of nitrogens with zero attached hydrogens (tertiary/aromatic N) is 2. The van der Waals surface area contributed by atoms with Gasteiger partial charge in [-0.25, -0.2) is 9.37 Å². The second-order valence-electron chi connectivity index (χ2n) is 6.22. The van der Waals surface area contributed by atoms with Gasteiger partial charge in [0.05, 0.1) is 18.9 Å². The summed E-state index contributed by atoms with van der Waals surface area (Å²) in [5.41, 5.74) is 2.91. The molecule has 0 atom stereocenters. The third-order valence-corrected chi connectivity index (χ3v) is 4.40. The van der Waals surface area contributed by atoms with Gasteiger partial charge in [0.25, 0.3) is 0 Å². The van der Waals surface area contributed by atoms with E-state index in [1.807, 2.05) is 24.3 Å². The van der Waals surface area contributed by atoms with Gasteiger partial charge in [-0.05, 0) is 30.3 Å². The lowest BCUT2D eigenvalue weighted by atomic mass is 10.1. The van der Waals surface area contributed by atoms with Crippen LogP contribution in [-0.2, 0) is 4.74 Å². The summed E-state index contributed by atoms with van der Waals surface area (Å²) in [5, 5.41) is 9.46. The van der Waals surface area contributed by atoms with Crippen LogP contribution in [0.2, 0.25) is 0 Å². The van der Waals surface area contributed by atoms with Crippen LogP contribution >= 0.6 is 0 Å². The number of aromatic hydroxyl groups is 1. The SMILES string of the molecule is Oc1cc(Oc2cccc(-c3ccc(N4CCOCC4)cc3)n2)ccc1F. The Labute approximate surface area is 156 Å². The first-order valence-electron chi connectivity index (χ1n) is 8.75. The Balaban J connectivity index is 1.52. The average Bonchev–Trinajstić information content (AvgIpc) is 2.72. The van der Waals surface area contributed by atoms with Gasteiger partial charge < -0.3 is 19.5 Å². The molecule has 1 N–H and O–H groups in total. The number of ether oxygens (including phenoxy) is 2. The second-order valence-corrected chi connectivity index (χ2v) is 6.22. The Kier molecular flexibility index (Phi) is 4.89. The number of hydrogen-bond donors (Lipinski definition) is 1. The van der Waals surface area contributed by atoms with Crippen LogP contribution in [0, 0.1) is 5.82 Å². The Morgan fingerprint density at radius 1 is 1.00 bits per heavy atom. The van der Waals surface area contributed by atoms with E-state index in [2.05, 4.69) is 22.0 Å². The van der Waals surface area contributed by atoms with E-state index in [1.165, 1.54) is 12.1 Å². The van der Waals surface area contributed by atoms with E-state index >= 15 is 0 Å². The summed E-state index contributed by atoms with van der Waals surface area (Å²) in [4.78, 5) is 6.79. The fourth-order valence-corrected chi connectivity index (χ4v) is 2.97. The van der Waals surface area contributed by atoms with E-state index in [-0.39, 0.29) is 0 Å². The van der Waals surface area contributed by atoms with Gasteiger partial charge in [-0.1, -0.05) is 18.2 Å². The lowest BCUT2D eigenvalue weighted by Gasteiger charge is -2.28. The van der Waals surface area contributed by atoms with Crippen LogP contribution in [0.1, 0.15) is 0 Å². The van der Waals surface area contributed by atoms with Crippen molar-refractivity contribution in [1.29, 1.82) is 0 Å². The molecule has 2 aromatic carbocycles. The van der Waals surface area contributed by atoms with Gasteiger partial charge in [-0.3, -0.25) is 0 Å². The molecule has 5 nitrogen and oxygen atoms in total. The molecule has 0 amide bonds. The molecule has 27 heavy (non-hydrogen) atoms. The summed E-state index contributed by atoms with van der Waals surface area (Å²) >= 11 is 0. The number of aromatic nitrogens is 1. The first-order chi connectivity index (χ1) is 13.2. The average molecular weight is 366 g/mol. The molecule has 6 heteroatoms. The monoisotopic (exact) mass is 366 g/mol. The maximum Gasteiger partial charge on any atom is 0.219 e. The summed E-state index contributed by atoms with van der Waals surface area (Å²) < 4.78 is 24.2. The van der Waals surface area contributed by atoms with E-state index in [0.29, 0.717) is 11.6 Å². The van der Waals surface area contributed by atoms with Crippen molar-refractivity contribution in [3.05, 3.63) is 66.5 Å². The standard InChI is InChI=1S/C21H19FN2O3/c22-18-9-8-17(14-20(18)25)27-21-3-1-2-19(23-21)15-4-6-16(7-5-15)24-10-12-26-13-11-24/h1-9,14,25H,10-13H2. The highest BCUT2D eigenvalue weighted by Gasteiger charge is 2.11. The number of phenolic OH excluding ortho intramolecular Hbond substituents is 1. The number of hydrogen-bond acceptors (Lipinski definition) is 5. The van der Waals surface area contributed by atoms with Gasteiger partial charge in [-0.2, -0.15) is 0 Å². The molecule has 0 unspecified atom stereocenters. The number of halogens is 1. The fourth-order valence-electron chi connectivity index (χ4n) is 2.97. The smallest absolute Gasteiger partial charge is 0.219 e. The van der Waals surface area contributed by atoms with Crippen molar-refractivity contribution in [3.63, 3.8) is 0 Å². The molecule has 0 bridgehead atoms. The van der Waals surface area contributed by atoms with Crippen LogP contribution in [0.15, 0.2) is 60.7 Å². The number of morpholine rings is 1. The van der Waals surface area contributed by atoms with Crippen LogP contribution in [-0.4, -0.2) is 36.4 Å². The van der Waals surface area contributed by atoms with Crippen molar-refractivity contribution in [2.75, 3.05) is 31.2 Å². The van der Waals surface area contributed by atoms with Crippen molar-refractivity contribution in [2.24, 2.45) is 0 Å². The lowest BCUT2D eigenvalue weighted by Crippen LogP contribution is -2.36. The van der Waals surface area contributed by atoms with Gasteiger partial charge in [0.15, 0.2) is 11.6 Å². The largest absolute Gasteiger partial charge is 0.505 e.